The highest BCUT2D eigenvalue weighted by atomic mass is 35.5. The van der Waals surface area contributed by atoms with Crippen LogP contribution in [0, 0.1) is 0 Å². The van der Waals surface area contributed by atoms with Gasteiger partial charge in [0.25, 0.3) is 0 Å². The molecule has 0 unspecified atom stereocenters. The Bertz CT molecular complexity index is 500. The van der Waals surface area contributed by atoms with E-state index in [1.807, 2.05) is 46.8 Å². The van der Waals surface area contributed by atoms with Crippen molar-refractivity contribution in [1.29, 1.82) is 0 Å². The fourth-order valence-electron chi connectivity index (χ4n) is 2.43. The Morgan fingerprint density at radius 1 is 1.17 bits per heavy atom. The van der Waals surface area contributed by atoms with E-state index in [2.05, 4.69) is 0 Å². The Morgan fingerprint density at radius 3 is 2.09 bits per heavy atom. The van der Waals surface area contributed by atoms with Gasteiger partial charge in [0.1, 0.15) is 5.60 Å². The highest BCUT2D eigenvalue weighted by Crippen LogP contribution is 2.33. The lowest BCUT2D eigenvalue weighted by Gasteiger charge is -2.38. The lowest BCUT2D eigenvalue weighted by atomic mass is 9.84. The van der Waals surface area contributed by atoms with Crippen LogP contribution in [0.15, 0.2) is 24.3 Å². The van der Waals surface area contributed by atoms with Crippen LogP contribution < -0.4 is 0 Å². The van der Waals surface area contributed by atoms with E-state index in [0.717, 1.165) is 5.56 Å². The van der Waals surface area contributed by atoms with E-state index in [-0.39, 0.29) is 6.09 Å². The maximum atomic E-state index is 12.0. The number of hydrogen-bond donors (Lipinski definition) is 1. The fourth-order valence-corrected chi connectivity index (χ4v) is 2.56. The molecule has 1 aromatic carbocycles. The van der Waals surface area contributed by atoms with Crippen LogP contribution in [-0.2, 0) is 10.3 Å². The molecule has 1 amide bonds. The van der Waals surface area contributed by atoms with Crippen LogP contribution in [0.3, 0.4) is 0 Å². The van der Waals surface area contributed by atoms with E-state index in [1.54, 1.807) is 17.0 Å². The third-order valence-corrected chi connectivity index (χ3v) is 3.88. The van der Waals surface area contributed by atoms with Gasteiger partial charge in [0.05, 0.1) is 5.60 Å². The summed E-state index contributed by atoms with van der Waals surface area (Å²) in [5.74, 6) is 0. The average Bonchev–Trinajstić information content (AvgIpc) is 2.49. The van der Waals surface area contributed by atoms with Gasteiger partial charge in [-0.25, -0.2) is 4.79 Å². The smallest absolute Gasteiger partial charge is 0.410 e. The Hall–Kier alpha value is -1.26. The van der Waals surface area contributed by atoms with Crippen molar-refractivity contribution < 1.29 is 14.6 Å². The first-order valence-electron chi connectivity index (χ1n) is 8.16. The monoisotopic (exact) mass is 341 g/mol. The van der Waals surface area contributed by atoms with E-state index < -0.39 is 11.2 Å². The van der Waals surface area contributed by atoms with Crippen molar-refractivity contribution >= 4 is 17.7 Å². The van der Waals surface area contributed by atoms with Crippen molar-refractivity contribution in [3.8, 4) is 0 Å². The van der Waals surface area contributed by atoms with Crippen LogP contribution in [0.5, 0.6) is 0 Å². The predicted octanol–water partition coefficient (Wildman–Crippen LogP) is 4.58. The molecule has 1 N–H and O–H groups in total. The number of carbonyl (C=O) groups is 1. The number of hydrogen-bond acceptors (Lipinski definition) is 3. The number of aliphatic hydroxyl groups is 1. The molecule has 0 atom stereocenters. The number of piperidine rings is 1. The number of nitrogens with zero attached hydrogens (tertiary/aromatic N) is 1. The van der Waals surface area contributed by atoms with E-state index in [0.29, 0.717) is 31.0 Å². The molecule has 23 heavy (non-hydrogen) atoms. The molecule has 1 aliphatic heterocycles. The number of amides is 1. The standard InChI is InChI=1S/C16H22ClNO3.C2H6/c1-15(2,3)21-14(19)18-10-8-16(20,9-11-18)12-4-6-13(17)7-5-12;1-2/h4-7,20H,8-11H2,1-3H3;1-2H3. The molecule has 0 bridgehead atoms. The molecule has 4 nitrogen and oxygen atoms in total. The molecule has 0 aromatic heterocycles. The molecule has 1 heterocycles. The summed E-state index contributed by atoms with van der Waals surface area (Å²) in [5.41, 5.74) is -0.555. The van der Waals surface area contributed by atoms with Gasteiger partial charge in [-0.3, -0.25) is 0 Å². The summed E-state index contributed by atoms with van der Waals surface area (Å²) in [5, 5.41) is 11.4. The number of benzene rings is 1. The maximum absolute atomic E-state index is 12.0. The van der Waals surface area contributed by atoms with Crippen molar-refractivity contribution in [2.24, 2.45) is 0 Å². The lowest BCUT2D eigenvalue weighted by Crippen LogP contribution is -2.46. The minimum Gasteiger partial charge on any atom is -0.444 e. The maximum Gasteiger partial charge on any atom is 0.410 e. The number of halogens is 1. The molecule has 1 fully saturated rings. The van der Waals surface area contributed by atoms with Gasteiger partial charge in [0, 0.05) is 18.1 Å². The zero-order chi connectivity index (χ0) is 17.7. The van der Waals surface area contributed by atoms with Gasteiger partial charge >= 0.3 is 6.09 Å². The third-order valence-electron chi connectivity index (χ3n) is 3.62. The van der Waals surface area contributed by atoms with Gasteiger partial charge in [0.15, 0.2) is 0 Å². The minimum atomic E-state index is -0.900. The first-order chi connectivity index (χ1) is 10.7. The zero-order valence-corrected chi connectivity index (χ0v) is 15.5. The molecule has 0 radical (unpaired) electrons. The summed E-state index contributed by atoms with van der Waals surface area (Å²) in [6.07, 6.45) is 0.669. The molecule has 130 valence electrons. The summed E-state index contributed by atoms with van der Waals surface area (Å²) in [6.45, 7) is 10.5. The molecular formula is C18H28ClNO3. The summed E-state index contributed by atoms with van der Waals surface area (Å²) in [4.78, 5) is 13.7. The molecule has 0 aliphatic carbocycles. The van der Waals surface area contributed by atoms with E-state index in [9.17, 15) is 9.90 Å². The summed E-state index contributed by atoms with van der Waals surface area (Å²) in [6, 6.07) is 7.22. The van der Waals surface area contributed by atoms with Crippen molar-refractivity contribution in [2.75, 3.05) is 13.1 Å². The van der Waals surface area contributed by atoms with Gasteiger partial charge in [-0.15, -0.1) is 0 Å². The quantitative estimate of drug-likeness (QED) is 0.813. The molecule has 0 saturated carbocycles. The van der Waals surface area contributed by atoms with E-state index in [1.165, 1.54) is 0 Å². The summed E-state index contributed by atoms with van der Waals surface area (Å²) in [7, 11) is 0. The number of carbonyl (C=O) groups excluding carboxylic acids is 1. The van der Waals surface area contributed by atoms with Gasteiger partial charge in [-0.05, 0) is 51.3 Å². The van der Waals surface area contributed by atoms with Crippen molar-refractivity contribution in [2.45, 2.75) is 58.7 Å². The highest BCUT2D eigenvalue weighted by Gasteiger charge is 2.36. The Balaban J connectivity index is 0.00000127. The van der Waals surface area contributed by atoms with E-state index in [4.69, 9.17) is 16.3 Å². The normalized spacial score (nSPS) is 17.1. The van der Waals surface area contributed by atoms with Crippen LogP contribution in [-0.4, -0.2) is 34.8 Å². The summed E-state index contributed by atoms with van der Waals surface area (Å²) < 4.78 is 5.35. The van der Waals surface area contributed by atoms with Gasteiger partial charge in [-0.2, -0.15) is 0 Å². The van der Waals surface area contributed by atoms with Crippen LogP contribution in [0.25, 0.3) is 0 Å². The van der Waals surface area contributed by atoms with Crippen molar-refractivity contribution in [3.63, 3.8) is 0 Å². The second-order valence-corrected chi connectivity index (χ2v) is 6.94. The van der Waals surface area contributed by atoms with Gasteiger partial charge in [-0.1, -0.05) is 37.6 Å². The lowest BCUT2D eigenvalue weighted by molar-refractivity contribution is -0.0356. The molecule has 1 aromatic rings. The molecule has 0 spiro atoms. The number of likely N-dealkylation sites (tertiary alicyclic amines) is 1. The first kappa shape index (κ1) is 19.8. The largest absolute Gasteiger partial charge is 0.444 e. The Kier molecular flexibility index (Phi) is 6.90. The number of rotatable bonds is 1. The van der Waals surface area contributed by atoms with E-state index >= 15 is 0 Å². The fraction of sp³-hybridized carbons (Fsp3) is 0.611. The SMILES string of the molecule is CC.CC(C)(C)OC(=O)N1CCC(O)(c2ccc(Cl)cc2)CC1. The average molecular weight is 342 g/mol. The third kappa shape index (κ3) is 5.70. The highest BCUT2D eigenvalue weighted by molar-refractivity contribution is 6.30. The number of ether oxygens (including phenoxy) is 1. The predicted molar refractivity (Wildman–Crippen MR) is 93.7 cm³/mol. The van der Waals surface area contributed by atoms with Crippen LogP contribution in [0.4, 0.5) is 4.79 Å². The zero-order valence-electron chi connectivity index (χ0n) is 14.7. The topological polar surface area (TPSA) is 49.8 Å². The van der Waals surface area contributed by atoms with Crippen molar-refractivity contribution in [3.05, 3.63) is 34.9 Å². The van der Waals surface area contributed by atoms with Crippen molar-refractivity contribution in [1.82, 2.24) is 4.90 Å². The molecular weight excluding hydrogens is 314 g/mol. The molecule has 1 saturated heterocycles. The molecule has 2 rings (SSSR count). The second-order valence-electron chi connectivity index (χ2n) is 6.51. The molecule has 5 heteroatoms. The second kappa shape index (κ2) is 8.02. The van der Waals surface area contributed by atoms with Crippen LogP contribution in [0.1, 0.15) is 53.0 Å². The van der Waals surface area contributed by atoms with Crippen LogP contribution >= 0.6 is 11.6 Å². The summed E-state index contributed by atoms with van der Waals surface area (Å²) >= 11 is 5.87. The van der Waals surface area contributed by atoms with Gasteiger partial charge < -0.3 is 14.7 Å². The van der Waals surface area contributed by atoms with Gasteiger partial charge in [0.2, 0.25) is 0 Å². The molecule has 1 aliphatic rings. The minimum absolute atomic E-state index is 0.319. The Morgan fingerprint density at radius 2 is 1.65 bits per heavy atom. The van der Waals surface area contributed by atoms with Crippen LogP contribution in [0.2, 0.25) is 5.02 Å². The first-order valence-corrected chi connectivity index (χ1v) is 8.54. The Labute approximate surface area is 144 Å².